The van der Waals surface area contributed by atoms with Gasteiger partial charge in [0.1, 0.15) is 12.4 Å². The minimum absolute atomic E-state index is 0.272. The van der Waals surface area contributed by atoms with E-state index in [1.54, 1.807) is 6.92 Å². The summed E-state index contributed by atoms with van der Waals surface area (Å²) in [5, 5.41) is 0.886. The molecule has 0 amide bonds. The Balaban J connectivity index is 2.38. The third-order valence-electron chi connectivity index (χ3n) is 3.66. The van der Waals surface area contributed by atoms with E-state index in [-0.39, 0.29) is 10.9 Å². The van der Waals surface area contributed by atoms with Crippen LogP contribution in [0.15, 0.2) is 47.3 Å². The van der Waals surface area contributed by atoms with Crippen molar-refractivity contribution in [2.24, 2.45) is 5.73 Å². The van der Waals surface area contributed by atoms with E-state index in [0.717, 1.165) is 5.56 Å². The van der Waals surface area contributed by atoms with Crippen LogP contribution in [-0.4, -0.2) is 18.1 Å². The smallest absolute Gasteiger partial charge is 0.256 e. The number of aryl methyl sites for hydroxylation is 1. The molecule has 0 fully saturated rings. The topological polar surface area (TPSA) is 68.1 Å². The van der Waals surface area contributed by atoms with Crippen LogP contribution in [0.5, 0.6) is 5.75 Å². The fourth-order valence-electron chi connectivity index (χ4n) is 2.70. The summed E-state index contributed by atoms with van der Waals surface area (Å²) in [6, 6.07) is 12.0. The fraction of sp³-hybridized carbons (Fsp3) is 0.167. The number of benzene rings is 2. The molecule has 0 saturated carbocycles. The van der Waals surface area contributed by atoms with Gasteiger partial charge < -0.3 is 15.5 Å². The lowest BCUT2D eigenvalue weighted by molar-refractivity contribution is 0.332. The average molecular weight is 312 g/mol. The molecule has 0 radical (unpaired) electrons. The highest BCUT2D eigenvalue weighted by atomic mass is 19.1. The molecule has 0 aliphatic rings. The van der Waals surface area contributed by atoms with Gasteiger partial charge in [0.15, 0.2) is 5.75 Å². The first-order chi connectivity index (χ1) is 11.1. The van der Waals surface area contributed by atoms with Gasteiger partial charge in [0, 0.05) is 17.5 Å². The van der Waals surface area contributed by atoms with Crippen LogP contribution in [0.2, 0.25) is 0 Å². The Morgan fingerprint density at radius 2 is 1.96 bits per heavy atom. The molecule has 0 saturated heterocycles. The quantitative estimate of drug-likeness (QED) is 0.778. The molecule has 3 aromatic rings. The van der Waals surface area contributed by atoms with Crippen LogP contribution >= 0.6 is 0 Å². The largest absolute Gasteiger partial charge is 0.489 e. The first kappa shape index (κ1) is 15.2. The Labute approximate surface area is 132 Å². The monoisotopic (exact) mass is 312 g/mol. The van der Waals surface area contributed by atoms with Crippen molar-refractivity contribution in [3.8, 4) is 17.0 Å². The normalized spacial score (nSPS) is 10.9. The standard InChI is InChI=1S/C18H17FN2O2/c1-11-9-13(19)10-14-15(11)17(23-8-7-20)16(21-18(14)22)12-5-3-2-4-6-12/h2-6,9-10H,7-8,20H2,1H3,(H,21,22). The number of aromatic amines is 1. The summed E-state index contributed by atoms with van der Waals surface area (Å²) in [5.41, 5.74) is 7.24. The zero-order valence-electron chi connectivity index (χ0n) is 12.7. The number of halogens is 1. The molecule has 0 aliphatic heterocycles. The van der Waals surface area contributed by atoms with Crippen molar-refractivity contribution >= 4 is 10.8 Å². The zero-order chi connectivity index (χ0) is 16.4. The molecule has 2 aromatic carbocycles. The Hall–Kier alpha value is -2.66. The van der Waals surface area contributed by atoms with Gasteiger partial charge in [-0.2, -0.15) is 0 Å². The number of pyridine rings is 1. The van der Waals surface area contributed by atoms with Gasteiger partial charge in [-0.05, 0) is 24.6 Å². The minimum Gasteiger partial charge on any atom is -0.489 e. The van der Waals surface area contributed by atoms with E-state index in [2.05, 4.69) is 4.98 Å². The van der Waals surface area contributed by atoms with Crippen LogP contribution in [0.4, 0.5) is 4.39 Å². The van der Waals surface area contributed by atoms with Gasteiger partial charge in [-0.3, -0.25) is 4.79 Å². The number of nitrogens with two attached hydrogens (primary N) is 1. The lowest BCUT2D eigenvalue weighted by atomic mass is 10.0. The highest BCUT2D eigenvalue weighted by Crippen LogP contribution is 2.35. The predicted molar refractivity (Wildman–Crippen MR) is 89.2 cm³/mol. The van der Waals surface area contributed by atoms with Crippen molar-refractivity contribution in [3.05, 3.63) is 64.2 Å². The average Bonchev–Trinajstić information content (AvgIpc) is 2.55. The van der Waals surface area contributed by atoms with Crippen molar-refractivity contribution < 1.29 is 9.13 Å². The SMILES string of the molecule is Cc1cc(F)cc2c(=O)[nH]c(-c3ccccc3)c(OCCN)c12. The van der Waals surface area contributed by atoms with Crippen LogP contribution in [-0.2, 0) is 0 Å². The molecule has 0 atom stereocenters. The maximum Gasteiger partial charge on any atom is 0.256 e. The molecule has 23 heavy (non-hydrogen) atoms. The summed E-state index contributed by atoms with van der Waals surface area (Å²) in [6.45, 7) is 2.40. The van der Waals surface area contributed by atoms with Gasteiger partial charge in [0.2, 0.25) is 0 Å². The fourth-order valence-corrected chi connectivity index (χ4v) is 2.70. The molecule has 0 aliphatic carbocycles. The summed E-state index contributed by atoms with van der Waals surface area (Å²) in [6.07, 6.45) is 0. The predicted octanol–water partition coefficient (Wildman–Crippen LogP) is 2.98. The van der Waals surface area contributed by atoms with Crippen molar-refractivity contribution in [1.82, 2.24) is 4.98 Å². The molecule has 1 aromatic heterocycles. The van der Waals surface area contributed by atoms with E-state index < -0.39 is 5.82 Å². The molecule has 118 valence electrons. The lowest BCUT2D eigenvalue weighted by Crippen LogP contribution is -2.15. The van der Waals surface area contributed by atoms with Crippen molar-refractivity contribution in [2.45, 2.75) is 6.92 Å². The van der Waals surface area contributed by atoms with Gasteiger partial charge in [-0.25, -0.2) is 4.39 Å². The van der Waals surface area contributed by atoms with Crippen LogP contribution in [0.3, 0.4) is 0 Å². The molecule has 1 heterocycles. The summed E-state index contributed by atoms with van der Waals surface area (Å²) in [4.78, 5) is 15.2. The Morgan fingerprint density at radius 1 is 1.22 bits per heavy atom. The van der Waals surface area contributed by atoms with Crippen molar-refractivity contribution in [2.75, 3.05) is 13.2 Å². The second kappa shape index (κ2) is 6.22. The van der Waals surface area contributed by atoms with E-state index in [9.17, 15) is 9.18 Å². The van der Waals surface area contributed by atoms with E-state index >= 15 is 0 Å². The zero-order valence-corrected chi connectivity index (χ0v) is 12.7. The Bertz CT molecular complexity index is 904. The summed E-state index contributed by atoms with van der Waals surface area (Å²) < 4.78 is 19.5. The Morgan fingerprint density at radius 3 is 2.65 bits per heavy atom. The van der Waals surface area contributed by atoms with Gasteiger partial charge in [-0.15, -0.1) is 0 Å². The van der Waals surface area contributed by atoms with Gasteiger partial charge in [0.05, 0.1) is 11.1 Å². The van der Waals surface area contributed by atoms with Crippen LogP contribution in [0, 0.1) is 12.7 Å². The van der Waals surface area contributed by atoms with E-state index in [1.165, 1.54) is 12.1 Å². The highest BCUT2D eigenvalue weighted by Gasteiger charge is 2.17. The van der Waals surface area contributed by atoms with E-state index in [0.29, 0.717) is 35.5 Å². The molecule has 0 spiro atoms. The summed E-state index contributed by atoms with van der Waals surface area (Å²) in [7, 11) is 0. The maximum absolute atomic E-state index is 13.7. The Kier molecular flexibility index (Phi) is 4.12. The molecule has 0 bridgehead atoms. The van der Waals surface area contributed by atoms with E-state index in [1.807, 2.05) is 30.3 Å². The number of aromatic nitrogens is 1. The molecule has 4 nitrogen and oxygen atoms in total. The minimum atomic E-state index is -0.447. The number of nitrogens with one attached hydrogen (secondary N) is 1. The molecular weight excluding hydrogens is 295 g/mol. The number of rotatable bonds is 4. The van der Waals surface area contributed by atoms with Crippen LogP contribution < -0.4 is 16.0 Å². The number of ether oxygens (including phenoxy) is 1. The highest BCUT2D eigenvalue weighted by molar-refractivity contribution is 5.95. The van der Waals surface area contributed by atoms with Crippen molar-refractivity contribution in [3.63, 3.8) is 0 Å². The van der Waals surface area contributed by atoms with Gasteiger partial charge in [-0.1, -0.05) is 30.3 Å². The molecule has 0 unspecified atom stereocenters. The van der Waals surface area contributed by atoms with Crippen LogP contribution in [0.25, 0.3) is 22.0 Å². The second-order valence-corrected chi connectivity index (χ2v) is 5.31. The number of H-pyrrole nitrogens is 1. The molecular formula is C18H17FN2O2. The number of hydrogen-bond acceptors (Lipinski definition) is 3. The third kappa shape index (κ3) is 2.83. The summed E-state index contributed by atoms with van der Waals surface area (Å²) >= 11 is 0. The van der Waals surface area contributed by atoms with Crippen molar-refractivity contribution in [1.29, 1.82) is 0 Å². The molecule has 3 rings (SSSR count). The lowest BCUT2D eigenvalue weighted by Gasteiger charge is -2.15. The first-order valence-electron chi connectivity index (χ1n) is 7.36. The van der Waals surface area contributed by atoms with Gasteiger partial charge >= 0.3 is 0 Å². The third-order valence-corrected chi connectivity index (χ3v) is 3.66. The summed E-state index contributed by atoms with van der Waals surface area (Å²) in [5.74, 6) is 0.0754. The van der Waals surface area contributed by atoms with Gasteiger partial charge in [0.25, 0.3) is 5.56 Å². The molecule has 3 N–H and O–H groups in total. The van der Waals surface area contributed by atoms with Crippen LogP contribution in [0.1, 0.15) is 5.56 Å². The second-order valence-electron chi connectivity index (χ2n) is 5.31. The number of fused-ring (bicyclic) bond motifs is 1. The molecule has 5 heteroatoms. The van der Waals surface area contributed by atoms with E-state index in [4.69, 9.17) is 10.5 Å². The first-order valence-corrected chi connectivity index (χ1v) is 7.36. The number of hydrogen-bond donors (Lipinski definition) is 2. The maximum atomic E-state index is 13.7.